The van der Waals surface area contributed by atoms with Gasteiger partial charge in [0.1, 0.15) is 0 Å². The fourth-order valence-corrected chi connectivity index (χ4v) is 1.11. The first-order valence-corrected chi connectivity index (χ1v) is 5.44. The number of aliphatic hydroxyl groups excluding tert-OH is 1. The van der Waals surface area contributed by atoms with Crippen molar-refractivity contribution in [2.45, 2.75) is 38.9 Å². The Bertz CT molecular complexity index is 200. The summed E-state index contributed by atoms with van der Waals surface area (Å²) in [6, 6.07) is 0. The van der Waals surface area contributed by atoms with Crippen LogP contribution in [0.2, 0.25) is 0 Å². The summed E-state index contributed by atoms with van der Waals surface area (Å²) in [4.78, 5) is 10.9. The third-order valence-corrected chi connectivity index (χ3v) is 1.81. The molecule has 0 bridgehead atoms. The van der Waals surface area contributed by atoms with E-state index in [1.54, 1.807) is 0 Å². The minimum absolute atomic E-state index is 0.260. The maximum Gasteiger partial charge on any atom is 0.334 e. The molecular formula is C9H16O3S2. The van der Waals surface area contributed by atoms with Gasteiger partial charge in [-0.15, -0.1) is 25.3 Å². The number of aliphatic hydroxyl groups is 1. The van der Waals surface area contributed by atoms with Crippen molar-refractivity contribution in [1.29, 1.82) is 0 Å². The average molecular weight is 236 g/mol. The van der Waals surface area contributed by atoms with Crippen LogP contribution in [0.5, 0.6) is 0 Å². The van der Waals surface area contributed by atoms with E-state index >= 15 is 0 Å². The van der Waals surface area contributed by atoms with Crippen LogP contribution in [0.3, 0.4) is 0 Å². The Morgan fingerprint density at radius 2 is 2.14 bits per heavy atom. The van der Waals surface area contributed by atoms with Crippen molar-refractivity contribution in [2.24, 2.45) is 0 Å². The third kappa shape index (κ3) is 8.47. The Balaban J connectivity index is 3.66. The lowest BCUT2D eigenvalue weighted by Crippen LogP contribution is -2.15. The first kappa shape index (κ1) is 13.9. The summed E-state index contributed by atoms with van der Waals surface area (Å²) in [5, 5.41) is 9.24. The molecule has 1 atom stereocenters. The molecule has 1 unspecified atom stereocenters. The van der Waals surface area contributed by atoms with Crippen molar-refractivity contribution in [3.05, 3.63) is 10.3 Å². The molecule has 0 rings (SSSR count). The SMILES string of the molecule is CCCCCC(O)OC(=O)C=C(S)S. The summed E-state index contributed by atoms with van der Waals surface area (Å²) in [5.74, 6) is -0.617. The van der Waals surface area contributed by atoms with Crippen molar-refractivity contribution in [3.8, 4) is 0 Å². The van der Waals surface area contributed by atoms with Gasteiger partial charge in [0.15, 0.2) is 0 Å². The van der Waals surface area contributed by atoms with E-state index in [1.165, 1.54) is 0 Å². The number of hydrogen-bond donors (Lipinski definition) is 3. The highest BCUT2D eigenvalue weighted by atomic mass is 32.2. The molecule has 0 amide bonds. The van der Waals surface area contributed by atoms with Crippen LogP contribution in [-0.2, 0) is 9.53 Å². The maximum absolute atomic E-state index is 10.9. The van der Waals surface area contributed by atoms with Crippen LogP contribution in [0.1, 0.15) is 32.6 Å². The van der Waals surface area contributed by atoms with Gasteiger partial charge in [0.05, 0.1) is 0 Å². The fraction of sp³-hybridized carbons (Fsp3) is 0.667. The maximum atomic E-state index is 10.9. The van der Waals surface area contributed by atoms with E-state index in [0.29, 0.717) is 6.42 Å². The molecule has 0 aliphatic rings. The Labute approximate surface area is 95.3 Å². The summed E-state index contributed by atoms with van der Waals surface area (Å²) < 4.78 is 4.91. The predicted octanol–water partition coefficient (Wildman–Crippen LogP) is 2.13. The van der Waals surface area contributed by atoms with Crippen molar-refractivity contribution in [1.82, 2.24) is 0 Å². The van der Waals surface area contributed by atoms with E-state index in [0.717, 1.165) is 25.3 Å². The van der Waals surface area contributed by atoms with Crippen LogP contribution in [0.4, 0.5) is 0 Å². The minimum atomic E-state index is -1.02. The zero-order chi connectivity index (χ0) is 11.0. The Morgan fingerprint density at radius 3 is 2.64 bits per heavy atom. The van der Waals surface area contributed by atoms with Gasteiger partial charge < -0.3 is 9.84 Å². The van der Waals surface area contributed by atoms with E-state index in [1.807, 2.05) is 0 Å². The molecule has 3 nitrogen and oxygen atoms in total. The standard InChI is InChI=1S/C9H16O3S2/c1-2-3-4-5-7(10)12-8(11)6-9(13)14/h6-7,10,13-14H,2-5H2,1H3. The van der Waals surface area contributed by atoms with E-state index in [9.17, 15) is 9.90 Å². The summed E-state index contributed by atoms with van der Waals surface area (Å²) >= 11 is 7.58. The molecule has 82 valence electrons. The summed E-state index contributed by atoms with van der Waals surface area (Å²) in [5.41, 5.74) is 0. The highest BCUT2D eigenvalue weighted by molar-refractivity contribution is 8.05. The highest BCUT2D eigenvalue weighted by Crippen LogP contribution is 2.08. The van der Waals surface area contributed by atoms with Crippen molar-refractivity contribution >= 4 is 31.2 Å². The topological polar surface area (TPSA) is 46.5 Å². The number of ether oxygens (including phenoxy) is 1. The van der Waals surface area contributed by atoms with E-state index in [-0.39, 0.29) is 4.24 Å². The first-order valence-electron chi connectivity index (χ1n) is 4.54. The van der Waals surface area contributed by atoms with E-state index < -0.39 is 12.3 Å². The van der Waals surface area contributed by atoms with Gasteiger partial charge in [0.2, 0.25) is 6.29 Å². The lowest BCUT2D eigenvalue weighted by atomic mass is 10.2. The van der Waals surface area contributed by atoms with Gasteiger partial charge in [-0.05, 0) is 6.42 Å². The largest absolute Gasteiger partial charge is 0.433 e. The number of thiol groups is 2. The summed E-state index contributed by atoms with van der Waals surface area (Å²) in [7, 11) is 0. The van der Waals surface area contributed by atoms with Crippen molar-refractivity contribution in [3.63, 3.8) is 0 Å². The second-order valence-corrected chi connectivity index (χ2v) is 4.21. The smallest absolute Gasteiger partial charge is 0.334 e. The molecular weight excluding hydrogens is 220 g/mol. The van der Waals surface area contributed by atoms with Crippen LogP contribution in [0, 0.1) is 0 Å². The second-order valence-electron chi connectivity index (χ2n) is 2.89. The van der Waals surface area contributed by atoms with Crippen molar-refractivity contribution < 1.29 is 14.6 Å². The minimum Gasteiger partial charge on any atom is -0.433 e. The lowest BCUT2D eigenvalue weighted by Gasteiger charge is -2.09. The van der Waals surface area contributed by atoms with Crippen LogP contribution in [0.15, 0.2) is 10.3 Å². The Hall–Kier alpha value is -0.130. The molecule has 0 saturated heterocycles. The number of unbranched alkanes of at least 4 members (excludes halogenated alkanes) is 2. The van der Waals surface area contributed by atoms with Crippen LogP contribution in [0.25, 0.3) is 0 Å². The van der Waals surface area contributed by atoms with Crippen LogP contribution in [-0.4, -0.2) is 17.4 Å². The van der Waals surface area contributed by atoms with E-state index in [2.05, 4.69) is 36.9 Å². The van der Waals surface area contributed by atoms with E-state index in [4.69, 9.17) is 0 Å². The Morgan fingerprint density at radius 1 is 1.50 bits per heavy atom. The number of hydrogen-bond acceptors (Lipinski definition) is 5. The van der Waals surface area contributed by atoms with Gasteiger partial charge in [-0.1, -0.05) is 19.8 Å². The molecule has 0 spiro atoms. The van der Waals surface area contributed by atoms with Gasteiger partial charge in [-0.25, -0.2) is 4.79 Å². The van der Waals surface area contributed by atoms with Gasteiger partial charge >= 0.3 is 5.97 Å². The van der Waals surface area contributed by atoms with Gasteiger partial charge in [-0.2, -0.15) is 0 Å². The molecule has 0 heterocycles. The number of rotatable bonds is 6. The quantitative estimate of drug-likeness (QED) is 0.218. The number of esters is 1. The molecule has 0 fully saturated rings. The average Bonchev–Trinajstić information content (AvgIpc) is 2.02. The molecule has 0 aromatic carbocycles. The Kier molecular flexibility index (Phi) is 8.12. The monoisotopic (exact) mass is 236 g/mol. The number of carbonyl (C=O) groups excluding carboxylic acids is 1. The molecule has 0 saturated carbocycles. The molecule has 0 aromatic heterocycles. The molecule has 0 aliphatic carbocycles. The summed E-state index contributed by atoms with van der Waals surface area (Å²) in [6.07, 6.45) is 3.50. The molecule has 14 heavy (non-hydrogen) atoms. The molecule has 5 heteroatoms. The molecule has 0 aromatic rings. The zero-order valence-corrected chi connectivity index (χ0v) is 9.93. The second kappa shape index (κ2) is 8.20. The van der Waals surface area contributed by atoms with Gasteiger partial charge in [-0.3, -0.25) is 0 Å². The third-order valence-electron chi connectivity index (χ3n) is 1.55. The van der Waals surface area contributed by atoms with Gasteiger partial charge in [0.25, 0.3) is 0 Å². The molecule has 0 aliphatic heterocycles. The predicted molar refractivity (Wildman–Crippen MR) is 62.3 cm³/mol. The zero-order valence-electron chi connectivity index (χ0n) is 8.14. The highest BCUT2D eigenvalue weighted by Gasteiger charge is 2.08. The van der Waals surface area contributed by atoms with Crippen LogP contribution >= 0.6 is 25.3 Å². The van der Waals surface area contributed by atoms with Crippen LogP contribution < -0.4 is 0 Å². The summed E-state index contributed by atoms with van der Waals surface area (Å²) in [6.45, 7) is 2.06. The first-order chi connectivity index (χ1) is 6.56. The normalized spacial score (nSPS) is 12.0. The molecule has 1 N–H and O–H groups in total. The lowest BCUT2D eigenvalue weighted by molar-refractivity contribution is -0.162. The fourth-order valence-electron chi connectivity index (χ4n) is 0.901. The molecule has 0 radical (unpaired) electrons. The number of carbonyl (C=O) groups is 1. The van der Waals surface area contributed by atoms with Crippen molar-refractivity contribution in [2.75, 3.05) is 0 Å². The van der Waals surface area contributed by atoms with Gasteiger partial charge in [0, 0.05) is 16.7 Å².